The summed E-state index contributed by atoms with van der Waals surface area (Å²) in [6.45, 7) is 0. The molecule has 26 heavy (non-hydrogen) atoms. The van der Waals surface area contributed by atoms with Gasteiger partial charge in [-0.15, -0.1) is 0 Å². The average Bonchev–Trinajstić information content (AvgIpc) is 2.59. The van der Waals surface area contributed by atoms with Crippen molar-refractivity contribution in [3.05, 3.63) is 86.0 Å². The minimum Gasteiger partial charge on any atom is -0.478 e. The highest BCUT2D eigenvalue weighted by molar-refractivity contribution is 6.30. The quantitative estimate of drug-likeness (QED) is 0.730. The second-order valence-corrected chi connectivity index (χ2v) is 5.98. The van der Waals surface area contributed by atoms with E-state index in [1.54, 1.807) is 12.1 Å². The molecule has 0 bridgehead atoms. The maximum Gasteiger partial charge on any atom is 0.341 e. The summed E-state index contributed by atoms with van der Waals surface area (Å²) in [4.78, 5) is 35.0. The second-order valence-electron chi connectivity index (χ2n) is 5.57. The number of rotatable bonds is 4. The fourth-order valence-corrected chi connectivity index (χ4v) is 2.87. The minimum absolute atomic E-state index is 0.0400. The molecule has 0 spiro atoms. The van der Waals surface area contributed by atoms with E-state index in [0.29, 0.717) is 5.56 Å². The Balaban J connectivity index is 2.20. The van der Waals surface area contributed by atoms with Crippen LogP contribution in [0.1, 0.15) is 31.8 Å². The van der Waals surface area contributed by atoms with Crippen molar-refractivity contribution >= 4 is 29.1 Å². The standard InChI is InChI=1S/C18H11ClFNO5/c19-13-3-1-2-10(15(13)20)6-9-4-5-14-11(17(23)24)7-12(18(25)26)16(22)21(14)8-9/h1-5,7-8H,6H2,(H,23,24)(H,25,26). The number of aromatic nitrogens is 1. The lowest BCUT2D eigenvalue weighted by Crippen LogP contribution is -2.24. The third-order valence-electron chi connectivity index (χ3n) is 3.91. The summed E-state index contributed by atoms with van der Waals surface area (Å²) in [5.74, 6) is -3.48. The van der Waals surface area contributed by atoms with E-state index in [2.05, 4.69) is 0 Å². The van der Waals surface area contributed by atoms with E-state index in [0.717, 1.165) is 10.5 Å². The summed E-state index contributed by atoms with van der Waals surface area (Å²) >= 11 is 5.75. The van der Waals surface area contributed by atoms with Crippen molar-refractivity contribution in [2.24, 2.45) is 0 Å². The maximum atomic E-state index is 14.1. The summed E-state index contributed by atoms with van der Waals surface area (Å²) in [5.41, 5.74) is -1.03. The molecule has 0 atom stereocenters. The van der Waals surface area contributed by atoms with Crippen molar-refractivity contribution in [3.63, 3.8) is 0 Å². The lowest BCUT2D eigenvalue weighted by Gasteiger charge is -2.10. The molecule has 1 aromatic carbocycles. The van der Waals surface area contributed by atoms with Gasteiger partial charge in [-0.3, -0.25) is 9.20 Å². The first-order valence-electron chi connectivity index (χ1n) is 7.37. The summed E-state index contributed by atoms with van der Waals surface area (Å²) < 4.78 is 15.0. The van der Waals surface area contributed by atoms with E-state index in [1.165, 1.54) is 24.4 Å². The summed E-state index contributed by atoms with van der Waals surface area (Å²) in [6, 6.07) is 8.28. The third-order valence-corrected chi connectivity index (χ3v) is 4.20. The Morgan fingerprint density at radius 2 is 1.77 bits per heavy atom. The summed E-state index contributed by atoms with van der Waals surface area (Å²) in [6.07, 6.45) is 1.39. The van der Waals surface area contributed by atoms with Crippen LogP contribution in [-0.4, -0.2) is 26.6 Å². The molecular formula is C18H11ClFNO5. The Morgan fingerprint density at radius 3 is 2.42 bits per heavy atom. The Bertz CT molecular complexity index is 1120. The molecule has 3 aromatic rings. The second kappa shape index (κ2) is 6.61. The molecule has 2 aromatic heterocycles. The number of nitrogens with zero attached hydrogens (tertiary/aromatic N) is 1. The van der Waals surface area contributed by atoms with Gasteiger partial charge < -0.3 is 10.2 Å². The van der Waals surface area contributed by atoms with Gasteiger partial charge in [0, 0.05) is 12.6 Å². The highest BCUT2D eigenvalue weighted by Crippen LogP contribution is 2.21. The van der Waals surface area contributed by atoms with Gasteiger partial charge in [-0.25, -0.2) is 14.0 Å². The number of fused-ring (bicyclic) bond motifs is 1. The van der Waals surface area contributed by atoms with Gasteiger partial charge in [-0.05, 0) is 29.3 Å². The molecule has 0 saturated heterocycles. The van der Waals surface area contributed by atoms with Gasteiger partial charge in [-0.1, -0.05) is 29.8 Å². The lowest BCUT2D eigenvalue weighted by atomic mass is 10.0. The molecule has 0 radical (unpaired) electrons. The number of halogens is 2. The van der Waals surface area contributed by atoms with Gasteiger partial charge in [-0.2, -0.15) is 0 Å². The number of carboxylic acid groups (broad SMARTS) is 2. The van der Waals surface area contributed by atoms with Gasteiger partial charge in [0.1, 0.15) is 11.4 Å². The monoisotopic (exact) mass is 375 g/mol. The van der Waals surface area contributed by atoms with E-state index < -0.39 is 28.9 Å². The lowest BCUT2D eigenvalue weighted by molar-refractivity contribution is 0.0694. The predicted molar refractivity (Wildman–Crippen MR) is 91.8 cm³/mol. The Labute approximate surface area is 150 Å². The van der Waals surface area contributed by atoms with E-state index in [9.17, 15) is 23.9 Å². The van der Waals surface area contributed by atoms with Crippen molar-refractivity contribution in [3.8, 4) is 0 Å². The van der Waals surface area contributed by atoms with Crippen LogP contribution < -0.4 is 5.56 Å². The van der Waals surface area contributed by atoms with Crippen LogP contribution in [0.25, 0.3) is 5.52 Å². The zero-order valence-electron chi connectivity index (χ0n) is 13.1. The molecule has 132 valence electrons. The molecule has 6 nitrogen and oxygen atoms in total. The first kappa shape index (κ1) is 17.6. The molecule has 0 aliphatic rings. The molecule has 0 saturated carbocycles. The number of carboxylic acids is 2. The molecule has 0 aliphatic heterocycles. The normalized spacial score (nSPS) is 10.8. The van der Waals surface area contributed by atoms with E-state index in [1.807, 2.05) is 0 Å². The number of aromatic carboxylic acids is 2. The number of carbonyl (C=O) groups is 2. The molecule has 0 amide bonds. The van der Waals surface area contributed by atoms with Crippen molar-refractivity contribution in [1.29, 1.82) is 0 Å². The number of pyridine rings is 2. The first-order chi connectivity index (χ1) is 12.3. The largest absolute Gasteiger partial charge is 0.478 e. The van der Waals surface area contributed by atoms with Gasteiger partial charge in [0.2, 0.25) is 0 Å². The van der Waals surface area contributed by atoms with Crippen LogP contribution in [0.5, 0.6) is 0 Å². The molecule has 0 fully saturated rings. The number of hydrogen-bond acceptors (Lipinski definition) is 3. The zero-order valence-corrected chi connectivity index (χ0v) is 13.8. The predicted octanol–water partition coefficient (Wildman–Crippen LogP) is 3.08. The average molecular weight is 376 g/mol. The van der Waals surface area contributed by atoms with Crippen LogP contribution in [0.15, 0.2) is 47.4 Å². The van der Waals surface area contributed by atoms with Crippen molar-refractivity contribution in [1.82, 2.24) is 4.40 Å². The smallest absolute Gasteiger partial charge is 0.341 e. The molecule has 0 unspecified atom stereocenters. The van der Waals surface area contributed by atoms with Gasteiger partial charge in [0.25, 0.3) is 5.56 Å². The van der Waals surface area contributed by atoms with Crippen molar-refractivity contribution in [2.45, 2.75) is 6.42 Å². The van der Waals surface area contributed by atoms with Crippen LogP contribution in [0.4, 0.5) is 4.39 Å². The van der Waals surface area contributed by atoms with Crippen LogP contribution >= 0.6 is 11.6 Å². The highest BCUT2D eigenvalue weighted by Gasteiger charge is 2.19. The molecule has 2 heterocycles. The van der Waals surface area contributed by atoms with E-state index >= 15 is 0 Å². The van der Waals surface area contributed by atoms with Crippen LogP contribution in [-0.2, 0) is 6.42 Å². The van der Waals surface area contributed by atoms with Crippen LogP contribution in [0, 0.1) is 5.82 Å². The molecule has 0 aliphatic carbocycles. The fourth-order valence-electron chi connectivity index (χ4n) is 2.68. The third kappa shape index (κ3) is 3.04. The van der Waals surface area contributed by atoms with Crippen LogP contribution in [0.3, 0.4) is 0 Å². The number of hydrogen-bond donors (Lipinski definition) is 2. The SMILES string of the molecule is O=C(O)c1cc(C(=O)O)c2ccc(Cc3cccc(Cl)c3F)cn2c1=O. The van der Waals surface area contributed by atoms with E-state index in [-0.39, 0.29) is 28.1 Å². The highest BCUT2D eigenvalue weighted by atomic mass is 35.5. The maximum absolute atomic E-state index is 14.1. The summed E-state index contributed by atoms with van der Waals surface area (Å²) in [5, 5.41) is 18.4. The Hall–Kier alpha value is -3.19. The van der Waals surface area contributed by atoms with Gasteiger partial charge >= 0.3 is 11.9 Å². The van der Waals surface area contributed by atoms with Crippen molar-refractivity contribution < 1.29 is 24.2 Å². The Kier molecular flexibility index (Phi) is 4.48. The summed E-state index contributed by atoms with van der Waals surface area (Å²) in [7, 11) is 0. The molecule has 8 heteroatoms. The molecule has 2 N–H and O–H groups in total. The van der Waals surface area contributed by atoms with Gasteiger partial charge in [0.05, 0.1) is 16.1 Å². The topological polar surface area (TPSA) is 96.1 Å². The molecule has 3 rings (SSSR count). The van der Waals surface area contributed by atoms with Crippen LogP contribution in [0.2, 0.25) is 5.02 Å². The first-order valence-corrected chi connectivity index (χ1v) is 7.75. The minimum atomic E-state index is -1.53. The number of benzene rings is 1. The zero-order chi connectivity index (χ0) is 19.0. The van der Waals surface area contributed by atoms with Gasteiger partial charge in [0.15, 0.2) is 0 Å². The molecular weight excluding hydrogens is 365 g/mol. The fraction of sp³-hybridized carbons (Fsp3) is 0.0556. The Morgan fingerprint density at radius 1 is 1.08 bits per heavy atom. The van der Waals surface area contributed by atoms with Crippen molar-refractivity contribution in [2.75, 3.05) is 0 Å². The van der Waals surface area contributed by atoms with E-state index in [4.69, 9.17) is 16.7 Å².